The summed E-state index contributed by atoms with van der Waals surface area (Å²) in [5, 5.41) is 0. The van der Waals surface area contributed by atoms with E-state index >= 15 is 0 Å². The molecule has 0 unspecified atom stereocenters. The van der Waals surface area contributed by atoms with E-state index in [4.69, 9.17) is 0 Å². The summed E-state index contributed by atoms with van der Waals surface area (Å²) in [4.78, 5) is 0. The highest BCUT2D eigenvalue weighted by atomic mass is 19.3. The van der Waals surface area contributed by atoms with Crippen molar-refractivity contribution in [1.82, 2.24) is 0 Å². The van der Waals surface area contributed by atoms with Gasteiger partial charge < -0.3 is 4.74 Å². The average Bonchev–Trinajstić information content (AvgIpc) is 2.85. The van der Waals surface area contributed by atoms with Crippen LogP contribution < -0.4 is 4.74 Å². The molecule has 186 valence electrons. The molecule has 0 saturated carbocycles. The average molecular weight is 504 g/mol. The zero-order valence-electron chi connectivity index (χ0n) is 18.9. The van der Waals surface area contributed by atoms with Crippen LogP contribution in [-0.2, 0) is 12.5 Å². The van der Waals surface area contributed by atoms with E-state index in [1.54, 1.807) is 24.3 Å². The highest BCUT2D eigenvalue weighted by Crippen LogP contribution is 2.37. The van der Waals surface area contributed by atoms with Gasteiger partial charge in [0, 0.05) is 5.56 Å². The fourth-order valence-corrected chi connectivity index (χ4v) is 3.78. The van der Waals surface area contributed by atoms with Crippen LogP contribution >= 0.6 is 0 Å². The summed E-state index contributed by atoms with van der Waals surface area (Å²) in [5.74, 6) is -8.04. The van der Waals surface area contributed by atoms with Gasteiger partial charge in [-0.05, 0) is 59.0 Å². The van der Waals surface area contributed by atoms with Crippen molar-refractivity contribution in [2.24, 2.45) is 0 Å². The molecule has 0 saturated heterocycles. The molecular weight excluding hydrogens is 485 g/mol. The summed E-state index contributed by atoms with van der Waals surface area (Å²) in [7, 11) is 0. The molecule has 0 spiro atoms. The van der Waals surface area contributed by atoms with E-state index in [1.165, 1.54) is 12.1 Å². The second kappa shape index (κ2) is 10.0. The van der Waals surface area contributed by atoms with Crippen molar-refractivity contribution < 1.29 is 35.5 Å². The van der Waals surface area contributed by atoms with E-state index in [0.29, 0.717) is 5.56 Å². The van der Waals surface area contributed by atoms with Crippen LogP contribution in [-0.4, -0.2) is 0 Å². The normalized spacial score (nSPS) is 11.6. The largest absolute Gasteiger partial charge is 0.429 e. The smallest absolute Gasteiger partial charge is 0.429 e. The second-order valence-electron chi connectivity index (χ2n) is 8.13. The Morgan fingerprint density at radius 3 is 1.81 bits per heavy atom. The number of ether oxygens (including phenoxy) is 1. The zero-order chi connectivity index (χ0) is 26.0. The van der Waals surface area contributed by atoms with Crippen molar-refractivity contribution in [1.29, 1.82) is 0 Å². The van der Waals surface area contributed by atoms with Gasteiger partial charge >= 0.3 is 6.11 Å². The van der Waals surface area contributed by atoms with Gasteiger partial charge in [0.2, 0.25) is 0 Å². The number of hydrogen-bond donors (Lipinski definition) is 0. The van der Waals surface area contributed by atoms with Gasteiger partial charge in [0.15, 0.2) is 29.1 Å². The van der Waals surface area contributed by atoms with Crippen LogP contribution in [0.3, 0.4) is 0 Å². The Bertz CT molecular complexity index is 1360. The summed E-state index contributed by atoms with van der Waals surface area (Å²) < 4.78 is 104. The van der Waals surface area contributed by atoms with Gasteiger partial charge in [-0.15, -0.1) is 0 Å². The molecule has 0 bridgehead atoms. The Hall–Kier alpha value is -3.81. The summed E-state index contributed by atoms with van der Waals surface area (Å²) in [6.45, 7) is 2.01. The standard InChI is InChI=1S/C28H19F7O/c1-2-3-16-4-6-18(7-5-16)21-12-13-22(26(32)25(21)31)28(34,35)36-20-10-8-17(9-11-20)19-14-23(29)27(33)24(30)15-19/h4-15H,2-3H2,1H3. The first-order valence-corrected chi connectivity index (χ1v) is 11.0. The second-order valence-corrected chi connectivity index (χ2v) is 8.13. The fourth-order valence-electron chi connectivity index (χ4n) is 3.78. The summed E-state index contributed by atoms with van der Waals surface area (Å²) >= 11 is 0. The van der Waals surface area contributed by atoms with Crippen molar-refractivity contribution >= 4 is 0 Å². The van der Waals surface area contributed by atoms with Gasteiger partial charge in [0.1, 0.15) is 11.3 Å². The molecule has 0 radical (unpaired) electrons. The molecule has 0 amide bonds. The Morgan fingerprint density at radius 2 is 1.22 bits per heavy atom. The minimum Gasteiger partial charge on any atom is -0.429 e. The SMILES string of the molecule is CCCc1ccc(-c2ccc(C(F)(F)Oc3ccc(-c4cc(F)c(F)c(F)c4)cc3)c(F)c2F)cc1. The molecule has 0 N–H and O–H groups in total. The van der Waals surface area contributed by atoms with E-state index in [0.717, 1.165) is 54.8 Å². The highest BCUT2D eigenvalue weighted by molar-refractivity contribution is 5.66. The molecule has 0 heterocycles. The van der Waals surface area contributed by atoms with Crippen molar-refractivity contribution in [2.75, 3.05) is 0 Å². The van der Waals surface area contributed by atoms with E-state index in [-0.39, 0.29) is 16.7 Å². The van der Waals surface area contributed by atoms with Crippen LogP contribution in [0.2, 0.25) is 0 Å². The Morgan fingerprint density at radius 1 is 0.639 bits per heavy atom. The molecule has 36 heavy (non-hydrogen) atoms. The maximum absolute atomic E-state index is 14.8. The van der Waals surface area contributed by atoms with E-state index in [9.17, 15) is 30.7 Å². The number of aryl methyl sites for hydroxylation is 1. The number of alkyl halides is 2. The van der Waals surface area contributed by atoms with Crippen LogP contribution in [0.4, 0.5) is 30.7 Å². The monoisotopic (exact) mass is 504 g/mol. The highest BCUT2D eigenvalue weighted by Gasteiger charge is 2.39. The van der Waals surface area contributed by atoms with Crippen LogP contribution in [0.15, 0.2) is 72.8 Å². The lowest BCUT2D eigenvalue weighted by molar-refractivity contribution is -0.187. The Labute approximate surface area is 202 Å². The zero-order valence-corrected chi connectivity index (χ0v) is 18.9. The minimum absolute atomic E-state index is 0.0314. The van der Waals surface area contributed by atoms with Gasteiger partial charge in [-0.1, -0.05) is 55.8 Å². The predicted molar refractivity (Wildman–Crippen MR) is 122 cm³/mol. The summed E-state index contributed by atoms with van der Waals surface area (Å²) in [6.07, 6.45) is -2.50. The molecule has 4 aromatic carbocycles. The predicted octanol–water partition coefficient (Wildman–Crippen LogP) is 8.80. The molecule has 0 fully saturated rings. The summed E-state index contributed by atoms with van der Waals surface area (Å²) in [6, 6.07) is 14.6. The molecule has 0 aromatic heterocycles. The van der Waals surface area contributed by atoms with E-state index in [2.05, 4.69) is 4.74 Å². The molecule has 1 nitrogen and oxygen atoms in total. The first-order valence-electron chi connectivity index (χ1n) is 11.0. The Kier molecular flexibility index (Phi) is 7.06. The van der Waals surface area contributed by atoms with Gasteiger partial charge in [0.05, 0.1) is 0 Å². The first kappa shape index (κ1) is 25.3. The van der Waals surface area contributed by atoms with Crippen molar-refractivity contribution in [3.05, 3.63) is 113 Å². The van der Waals surface area contributed by atoms with Crippen molar-refractivity contribution in [3.8, 4) is 28.0 Å². The van der Waals surface area contributed by atoms with Crippen LogP contribution in [0.25, 0.3) is 22.3 Å². The summed E-state index contributed by atoms with van der Waals surface area (Å²) in [5.41, 5.74) is 0.0492. The quantitative estimate of drug-likeness (QED) is 0.181. The van der Waals surface area contributed by atoms with Crippen LogP contribution in [0.5, 0.6) is 5.75 Å². The third kappa shape index (κ3) is 5.08. The van der Waals surface area contributed by atoms with Crippen LogP contribution in [0.1, 0.15) is 24.5 Å². The number of halogens is 7. The molecule has 0 aliphatic heterocycles. The molecule has 8 heteroatoms. The molecule has 0 aliphatic rings. The number of rotatable bonds is 7. The van der Waals surface area contributed by atoms with Crippen molar-refractivity contribution in [3.63, 3.8) is 0 Å². The fraction of sp³-hybridized carbons (Fsp3) is 0.143. The minimum atomic E-state index is -4.23. The molecule has 4 aromatic rings. The van der Waals surface area contributed by atoms with Gasteiger partial charge in [-0.25, -0.2) is 22.0 Å². The van der Waals surface area contributed by atoms with E-state index < -0.39 is 46.5 Å². The van der Waals surface area contributed by atoms with Gasteiger partial charge in [0.25, 0.3) is 0 Å². The lowest BCUT2D eigenvalue weighted by Gasteiger charge is -2.20. The molecule has 0 aliphatic carbocycles. The number of benzene rings is 4. The Balaban J connectivity index is 1.57. The van der Waals surface area contributed by atoms with Crippen molar-refractivity contribution in [2.45, 2.75) is 25.9 Å². The number of hydrogen-bond acceptors (Lipinski definition) is 1. The maximum atomic E-state index is 14.8. The topological polar surface area (TPSA) is 9.23 Å². The third-order valence-electron chi connectivity index (χ3n) is 5.62. The third-order valence-corrected chi connectivity index (χ3v) is 5.62. The lowest BCUT2D eigenvalue weighted by Crippen LogP contribution is -2.24. The molecule has 4 rings (SSSR count). The van der Waals surface area contributed by atoms with Gasteiger partial charge in [-0.2, -0.15) is 8.78 Å². The first-order chi connectivity index (χ1) is 17.1. The van der Waals surface area contributed by atoms with Gasteiger partial charge in [-0.3, -0.25) is 0 Å². The maximum Gasteiger partial charge on any atom is 0.429 e. The van der Waals surface area contributed by atoms with E-state index in [1.807, 2.05) is 6.92 Å². The molecule has 0 atom stereocenters. The lowest BCUT2D eigenvalue weighted by atomic mass is 10.00. The molecular formula is C28H19F7O. The van der Waals surface area contributed by atoms with Crippen LogP contribution in [0, 0.1) is 29.1 Å².